The molecule has 16 heavy (non-hydrogen) atoms. The van der Waals surface area contributed by atoms with Gasteiger partial charge in [-0.3, -0.25) is 4.79 Å². The maximum Gasteiger partial charge on any atom is 0.162 e. The van der Waals surface area contributed by atoms with Gasteiger partial charge in [-0.25, -0.2) is 4.39 Å². The van der Waals surface area contributed by atoms with Gasteiger partial charge in [0.05, 0.1) is 11.6 Å². The fourth-order valence-electron chi connectivity index (χ4n) is 1.22. The van der Waals surface area contributed by atoms with E-state index in [1.165, 1.54) is 12.1 Å². The van der Waals surface area contributed by atoms with Gasteiger partial charge in [-0.05, 0) is 11.6 Å². The first-order valence-electron chi connectivity index (χ1n) is 4.87. The second kappa shape index (κ2) is 6.58. The number of rotatable bonds is 6. The zero-order valence-corrected chi connectivity index (χ0v) is 9.47. The van der Waals surface area contributed by atoms with Crippen molar-refractivity contribution in [3.05, 3.63) is 34.6 Å². The van der Waals surface area contributed by atoms with E-state index in [-0.39, 0.29) is 23.8 Å². The van der Waals surface area contributed by atoms with Crippen molar-refractivity contribution in [3.8, 4) is 0 Å². The molecule has 0 saturated carbocycles. The van der Waals surface area contributed by atoms with Crippen molar-refractivity contribution in [2.75, 3.05) is 19.8 Å². The fourth-order valence-corrected chi connectivity index (χ4v) is 1.41. The lowest BCUT2D eigenvalue weighted by Gasteiger charge is -2.05. The molecule has 3 nitrogen and oxygen atoms in total. The van der Waals surface area contributed by atoms with Gasteiger partial charge in [0.1, 0.15) is 12.4 Å². The molecule has 88 valence electrons. The van der Waals surface area contributed by atoms with Gasteiger partial charge in [-0.15, -0.1) is 0 Å². The summed E-state index contributed by atoms with van der Waals surface area (Å²) < 4.78 is 18.0. The highest BCUT2D eigenvalue weighted by Gasteiger charge is 2.10. The molecule has 0 amide bonds. The fraction of sp³-hybridized carbons (Fsp3) is 0.364. The van der Waals surface area contributed by atoms with Gasteiger partial charge < -0.3 is 10.5 Å². The summed E-state index contributed by atoms with van der Waals surface area (Å²) in [6, 6.07) is 4.39. The Morgan fingerprint density at radius 1 is 1.50 bits per heavy atom. The van der Waals surface area contributed by atoms with Gasteiger partial charge in [0.25, 0.3) is 0 Å². The van der Waals surface area contributed by atoms with Crippen LogP contribution in [0.4, 0.5) is 4.39 Å². The standard InChI is InChI=1S/C11H13ClFNO2/c12-11-8(2-1-3-10(11)13)6-9(15)7-16-5-4-14/h1-3H,4-7,14H2. The Morgan fingerprint density at radius 2 is 2.25 bits per heavy atom. The maximum absolute atomic E-state index is 13.0. The number of carbonyl (C=O) groups excluding carboxylic acids is 1. The van der Waals surface area contributed by atoms with E-state index in [0.717, 1.165) is 0 Å². The average molecular weight is 246 g/mol. The summed E-state index contributed by atoms with van der Waals surface area (Å²) in [5.74, 6) is -0.671. The molecular weight excluding hydrogens is 233 g/mol. The van der Waals surface area contributed by atoms with E-state index in [1.807, 2.05) is 0 Å². The van der Waals surface area contributed by atoms with E-state index in [9.17, 15) is 9.18 Å². The van der Waals surface area contributed by atoms with Gasteiger partial charge in [-0.2, -0.15) is 0 Å². The van der Waals surface area contributed by atoms with Crippen LogP contribution in [0.15, 0.2) is 18.2 Å². The van der Waals surface area contributed by atoms with Crippen LogP contribution in [0.2, 0.25) is 5.02 Å². The molecule has 0 atom stereocenters. The Bertz CT molecular complexity index is 371. The van der Waals surface area contributed by atoms with Gasteiger partial charge in [0, 0.05) is 13.0 Å². The van der Waals surface area contributed by atoms with Crippen LogP contribution in [0.3, 0.4) is 0 Å². The van der Waals surface area contributed by atoms with Gasteiger partial charge in [0.2, 0.25) is 0 Å². The van der Waals surface area contributed by atoms with Crippen LogP contribution in [0, 0.1) is 5.82 Å². The summed E-state index contributed by atoms with van der Waals surface area (Å²) >= 11 is 5.71. The Morgan fingerprint density at radius 3 is 2.94 bits per heavy atom. The minimum absolute atomic E-state index is 0.00493. The second-order valence-electron chi connectivity index (χ2n) is 3.27. The first-order chi connectivity index (χ1) is 7.65. The van der Waals surface area contributed by atoms with E-state index >= 15 is 0 Å². The van der Waals surface area contributed by atoms with Crippen molar-refractivity contribution >= 4 is 17.4 Å². The van der Waals surface area contributed by atoms with Crippen molar-refractivity contribution in [1.29, 1.82) is 0 Å². The third-order valence-electron chi connectivity index (χ3n) is 1.94. The minimum Gasteiger partial charge on any atom is -0.372 e. The molecule has 0 bridgehead atoms. The number of Topliss-reactive ketones (excluding diaryl/α,β-unsaturated/α-hetero) is 1. The smallest absolute Gasteiger partial charge is 0.162 e. The molecule has 0 spiro atoms. The maximum atomic E-state index is 13.0. The summed E-state index contributed by atoms with van der Waals surface area (Å²) in [5.41, 5.74) is 5.68. The number of halogens is 2. The average Bonchev–Trinajstić information content (AvgIpc) is 2.25. The summed E-state index contributed by atoms with van der Waals surface area (Å²) in [6.45, 7) is 0.681. The predicted octanol–water partition coefficient (Wildman–Crippen LogP) is 1.57. The number of ketones is 1. The van der Waals surface area contributed by atoms with E-state index in [1.54, 1.807) is 6.07 Å². The van der Waals surface area contributed by atoms with Crippen LogP contribution in [0.5, 0.6) is 0 Å². The largest absolute Gasteiger partial charge is 0.372 e. The molecule has 0 unspecified atom stereocenters. The molecule has 0 aliphatic heterocycles. The van der Waals surface area contributed by atoms with Crippen LogP contribution in [-0.2, 0) is 16.0 Å². The quantitative estimate of drug-likeness (QED) is 0.774. The Balaban J connectivity index is 2.53. The van der Waals surface area contributed by atoms with Crippen molar-refractivity contribution < 1.29 is 13.9 Å². The van der Waals surface area contributed by atoms with Crippen LogP contribution in [0.25, 0.3) is 0 Å². The molecule has 0 aromatic heterocycles. The van der Waals surface area contributed by atoms with Crippen molar-refractivity contribution in [1.82, 2.24) is 0 Å². The lowest BCUT2D eigenvalue weighted by Crippen LogP contribution is -2.16. The van der Waals surface area contributed by atoms with E-state index in [0.29, 0.717) is 18.7 Å². The zero-order valence-electron chi connectivity index (χ0n) is 8.71. The topological polar surface area (TPSA) is 52.3 Å². The third kappa shape index (κ3) is 3.89. The predicted molar refractivity (Wildman–Crippen MR) is 60.0 cm³/mol. The van der Waals surface area contributed by atoms with Gasteiger partial charge in [0.15, 0.2) is 5.78 Å². The molecule has 1 rings (SSSR count). The van der Waals surface area contributed by atoms with E-state index < -0.39 is 5.82 Å². The molecule has 1 aromatic rings. The minimum atomic E-state index is -0.519. The monoisotopic (exact) mass is 245 g/mol. The molecule has 5 heteroatoms. The highest BCUT2D eigenvalue weighted by atomic mass is 35.5. The normalized spacial score (nSPS) is 10.4. The van der Waals surface area contributed by atoms with E-state index in [4.69, 9.17) is 22.1 Å². The summed E-state index contributed by atoms with van der Waals surface area (Å²) in [5, 5.41) is -0.00493. The first-order valence-corrected chi connectivity index (χ1v) is 5.25. The number of hydrogen-bond acceptors (Lipinski definition) is 3. The van der Waals surface area contributed by atoms with Crippen molar-refractivity contribution in [2.24, 2.45) is 5.73 Å². The molecule has 2 N–H and O–H groups in total. The van der Waals surface area contributed by atoms with Gasteiger partial charge in [-0.1, -0.05) is 23.7 Å². The SMILES string of the molecule is NCCOCC(=O)Cc1cccc(F)c1Cl. The van der Waals surface area contributed by atoms with Crippen molar-refractivity contribution in [2.45, 2.75) is 6.42 Å². The summed E-state index contributed by atoms with van der Waals surface area (Å²) in [7, 11) is 0. The van der Waals surface area contributed by atoms with Gasteiger partial charge >= 0.3 is 0 Å². The third-order valence-corrected chi connectivity index (χ3v) is 2.37. The number of benzene rings is 1. The molecule has 0 saturated heterocycles. The Labute approximate surface area is 98.3 Å². The highest BCUT2D eigenvalue weighted by Crippen LogP contribution is 2.20. The molecule has 0 aliphatic rings. The van der Waals surface area contributed by atoms with Crippen LogP contribution in [-0.4, -0.2) is 25.5 Å². The lowest BCUT2D eigenvalue weighted by molar-refractivity contribution is -0.122. The molecule has 0 radical (unpaired) electrons. The first kappa shape index (κ1) is 13.1. The molecular formula is C11H13ClFNO2. The number of nitrogens with two attached hydrogens (primary N) is 1. The molecule has 0 heterocycles. The second-order valence-corrected chi connectivity index (χ2v) is 3.65. The number of carbonyl (C=O) groups is 1. The molecule has 1 aromatic carbocycles. The summed E-state index contributed by atoms with van der Waals surface area (Å²) in [4.78, 5) is 11.4. The summed E-state index contributed by atoms with van der Waals surface area (Å²) in [6.07, 6.45) is 0.0706. The van der Waals surface area contributed by atoms with Crippen molar-refractivity contribution in [3.63, 3.8) is 0 Å². The Kier molecular flexibility index (Phi) is 5.38. The molecule has 0 fully saturated rings. The van der Waals surface area contributed by atoms with E-state index in [2.05, 4.69) is 0 Å². The zero-order chi connectivity index (χ0) is 12.0. The lowest BCUT2D eigenvalue weighted by atomic mass is 10.1. The molecule has 0 aliphatic carbocycles. The number of ether oxygens (including phenoxy) is 1. The highest BCUT2D eigenvalue weighted by molar-refractivity contribution is 6.31. The van der Waals surface area contributed by atoms with Crippen LogP contribution in [0.1, 0.15) is 5.56 Å². The Hall–Kier alpha value is -0.970. The van der Waals surface area contributed by atoms with Crippen LogP contribution >= 0.6 is 11.6 Å². The number of hydrogen-bond donors (Lipinski definition) is 1. The van der Waals surface area contributed by atoms with Crippen LogP contribution < -0.4 is 5.73 Å².